The number of hydrogen-bond donors (Lipinski definition) is 1. The minimum atomic E-state index is -3.13. The minimum Gasteiger partial charge on any atom is -0.491 e. The van der Waals surface area contributed by atoms with Gasteiger partial charge in [-0.2, -0.15) is 4.31 Å². The fourth-order valence-corrected chi connectivity index (χ4v) is 4.62. The molecule has 0 bridgehead atoms. The van der Waals surface area contributed by atoms with E-state index in [1.807, 2.05) is 56.3 Å². The highest BCUT2D eigenvalue weighted by Crippen LogP contribution is 2.20. The van der Waals surface area contributed by atoms with Crippen LogP contribution in [0.4, 0.5) is 5.69 Å². The maximum absolute atomic E-state index is 12.7. The van der Waals surface area contributed by atoms with Crippen molar-refractivity contribution >= 4 is 21.6 Å². The topological polar surface area (TPSA) is 79.0 Å². The summed E-state index contributed by atoms with van der Waals surface area (Å²) in [6, 6.07) is 14.9. The van der Waals surface area contributed by atoms with Crippen LogP contribution in [0.2, 0.25) is 0 Å². The number of carbonyl (C=O) groups is 1. The van der Waals surface area contributed by atoms with E-state index in [0.29, 0.717) is 49.7 Å². The number of anilines is 1. The average molecular weight is 446 g/mol. The van der Waals surface area contributed by atoms with Crippen LogP contribution in [0.15, 0.2) is 48.5 Å². The van der Waals surface area contributed by atoms with E-state index in [2.05, 4.69) is 10.2 Å². The molecule has 0 atom stereocenters. The summed E-state index contributed by atoms with van der Waals surface area (Å²) in [6.07, 6.45) is 0.0616. The van der Waals surface area contributed by atoms with Crippen molar-refractivity contribution in [2.75, 3.05) is 37.2 Å². The van der Waals surface area contributed by atoms with Crippen molar-refractivity contribution in [3.8, 4) is 5.75 Å². The lowest BCUT2D eigenvalue weighted by molar-refractivity contribution is 0.102. The molecular formula is C23H31N3O4S. The van der Waals surface area contributed by atoms with Gasteiger partial charge in [-0.25, -0.2) is 8.42 Å². The molecule has 7 nitrogen and oxygen atoms in total. The molecular weight excluding hydrogens is 414 g/mol. The quantitative estimate of drug-likeness (QED) is 0.675. The summed E-state index contributed by atoms with van der Waals surface area (Å²) in [6.45, 7) is 8.64. The molecule has 31 heavy (non-hydrogen) atoms. The number of hydrogen-bond acceptors (Lipinski definition) is 5. The molecule has 0 spiro atoms. The maximum atomic E-state index is 12.7. The smallest absolute Gasteiger partial charge is 0.255 e. The molecule has 1 aliphatic heterocycles. The van der Waals surface area contributed by atoms with Gasteiger partial charge in [-0.1, -0.05) is 18.2 Å². The molecule has 0 unspecified atom stereocenters. The molecule has 0 radical (unpaired) electrons. The van der Waals surface area contributed by atoms with Crippen LogP contribution in [0.25, 0.3) is 0 Å². The monoisotopic (exact) mass is 445 g/mol. The van der Waals surface area contributed by atoms with Crippen molar-refractivity contribution in [2.24, 2.45) is 0 Å². The number of nitrogens with one attached hydrogen (secondary N) is 1. The molecule has 1 saturated heterocycles. The van der Waals surface area contributed by atoms with Crippen LogP contribution in [-0.4, -0.2) is 61.6 Å². The summed E-state index contributed by atoms with van der Waals surface area (Å²) in [5.41, 5.74) is 2.29. The van der Waals surface area contributed by atoms with Gasteiger partial charge in [-0.15, -0.1) is 0 Å². The Balaban J connectivity index is 1.60. The van der Waals surface area contributed by atoms with Crippen LogP contribution >= 0.6 is 0 Å². The van der Waals surface area contributed by atoms with E-state index < -0.39 is 10.0 Å². The zero-order valence-electron chi connectivity index (χ0n) is 18.4. The van der Waals surface area contributed by atoms with Crippen LogP contribution in [0.1, 0.15) is 36.7 Å². The first-order valence-corrected chi connectivity index (χ1v) is 12.2. The van der Waals surface area contributed by atoms with E-state index in [0.717, 1.165) is 5.56 Å². The van der Waals surface area contributed by atoms with E-state index >= 15 is 0 Å². The molecule has 0 saturated carbocycles. The second kappa shape index (κ2) is 10.3. The van der Waals surface area contributed by atoms with Gasteiger partial charge in [-0.3, -0.25) is 9.69 Å². The molecule has 0 aliphatic carbocycles. The zero-order chi connectivity index (χ0) is 22.4. The molecule has 8 heteroatoms. The average Bonchev–Trinajstić information content (AvgIpc) is 2.74. The normalized spacial score (nSPS) is 15.7. The fourth-order valence-electron chi connectivity index (χ4n) is 3.54. The third-order valence-electron chi connectivity index (χ3n) is 5.15. The number of carbonyl (C=O) groups excluding carboxylic acids is 1. The van der Waals surface area contributed by atoms with Crippen molar-refractivity contribution in [2.45, 2.75) is 33.4 Å². The molecule has 168 valence electrons. The summed E-state index contributed by atoms with van der Waals surface area (Å²) < 4.78 is 31.3. The maximum Gasteiger partial charge on any atom is 0.255 e. The Morgan fingerprint density at radius 1 is 1.06 bits per heavy atom. The van der Waals surface area contributed by atoms with Crippen molar-refractivity contribution in [3.63, 3.8) is 0 Å². The summed E-state index contributed by atoms with van der Waals surface area (Å²) in [4.78, 5) is 15.0. The van der Waals surface area contributed by atoms with Crippen molar-refractivity contribution in [1.29, 1.82) is 0 Å². The third-order valence-corrected chi connectivity index (χ3v) is 7.03. The Bertz CT molecular complexity index is 999. The molecule has 1 heterocycles. The number of piperazine rings is 1. The SMILES string of the molecule is CCS(=O)(=O)N1CCN(Cc2cccc(C(=O)Nc3cccc(OC(C)C)c3)c2)CC1. The van der Waals surface area contributed by atoms with Crippen LogP contribution in [0.3, 0.4) is 0 Å². The van der Waals surface area contributed by atoms with Gasteiger partial charge < -0.3 is 10.1 Å². The second-order valence-electron chi connectivity index (χ2n) is 7.92. The van der Waals surface area contributed by atoms with Gasteiger partial charge >= 0.3 is 0 Å². The van der Waals surface area contributed by atoms with Crippen LogP contribution < -0.4 is 10.1 Å². The number of amides is 1. The summed E-state index contributed by atoms with van der Waals surface area (Å²) in [5.74, 6) is 0.671. The van der Waals surface area contributed by atoms with Crippen LogP contribution in [-0.2, 0) is 16.6 Å². The number of nitrogens with zero attached hydrogens (tertiary/aromatic N) is 2. The fraction of sp³-hybridized carbons (Fsp3) is 0.435. The van der Waals surface area contributed by atoms with Crippen LogP contribution in [0, 0.1) is 0 Å². The van der Waals surface area contributed by atoms with E-state index in [1.165, 1.54) is 0 Å². The standard InChI is InChI=1S/C23H31N3O4S/c1-4-31(28,29)26-13-11-25(12-14-26)17-19-7-5-8-20(15-19)23(27)24-21-9-6-10-22(16-21)30-18(2)3/h5-10,15-16,18H,4,11-14,17H2,1-3H3,(H,24,27). The first-order valence-electron chi connectivity index (χ1n) is 10.6. The molecule has 2 aromatic carbocycles. The molecule has 1 amide bonds. The predicted molar refractivity (Wildman–Crippen MR) is 123 cm³/mol. The lowest BCUT2D eigenvalue weighted by Crippen LogP contribution is -2.48. The Labute approximate surface area is 185 Å². The highest BCUT2D eigenvalue weighted by atomic mass is 32.2. The summed E-state index contributed by atoms with van der Waals surface area (Å²) in [5, 5.41) is 2.93. The Morgan fingerprint density at radius 3 is 2.45 bits per heavy atom. The van der Waals surface area contributed by atoms with Gasteiger partial charge in [0.15, 0.2) is 0 Å². The van der Waals surface area contributed by atoms with Crippen molar-refractivity contribution in [3.05, 3.63) is 59.7 Å². The molecule has 0 aromatic heterocycles. The zero-order valence-corrected chi connectivity index (χ0v) is 19.2. The molecule has 2 aromatic rings. The first kappa shape index (κ1) is 23.2. The van der Waals surface area contributed by atoms with E-state index in [4.69, 9.17) is 4.74 Å². The molecule has 3 rings (SSSR count). The Hall–Kier alpha value is -2.42. The molecule has 1 aliphatic rings. The number of benzene rings is 2. The van der Waals surface area contributed by atoms with Gasteiger partial charge in [0.05, 0.1) is 11.9 Å². The second-order valence-corrected chi connectivity index (χ2v) is 10.2. The molecule has 1 N–H and O–H groups in total. The number of sulfonamides is 1. The van der Waals surface area contributed by atoms with E-state index in [9.17, 15) is 13.2 Å². The molecule has 1 fully saturated rings. The van der Waals surface area contributed by atoms with Gasteiger partial charge in [0, 0.05) is 50.0 Å². The summed E-state index contributed by atoms with van der Waals surface area (Å²) in [7, 11) is -3.13. The lowest BCUT2D eigenvalue weighted by atomic mass is 10.1. The Morgan fingerprint density at radius 2 is 1.77 bits per heavy atom. The summed E-state index contributed by atoms with van der Waals surface area (Å²) >= 11 is 0. The van der Waals surface area contributed by atoms with E-state index in [1.54, 1.807) is 17.3 Å². The lowest BCUT2D eigenvalue weighted by Gasteiger charge is -2.33. The number of rotatable bonds is 8. The van der Waals surface area contributed by atoms with Crippen LogP contribution in [0.5, 0.6) is 5.75 Å². The highest BCUT2D eigenvalue weighted by molar-refractivity contribution is 7.89. The predicted octanol–water partition coefficient (Wildman–Crippen LogP) is 3.19. The van der Waals surface area contributed by atoms with Crippen molar-refractivity contribution < 1.29 is 17.9 Å². The number of ether oxygens (including phenoxy) is 1. The van der Waals surface area contributed by atoms with Gasteiger partial charge in [0.1, 0.15) is 5.75 Å². The largest absolute Gasteiger partial charge is 0.491 e. The first-order chi connectivity index (χ1) is 14.8. The third kappa shape index (κ3) is 6.53. The minimum absolute atomic E-state index is 0.0616. The highest BCUT2D eigenvalue weighted by Gasteiger charge is 2.25. The van der Waals surface area contributed by atoms with Crippen molar-refractivity contribution in [1.82, 2.24) is 9.21 Å². The van der Waals surface area contributed by atoms with Gasteiger partial charge in [0.25, 0.3) is 5.91 Å². The van der Waals surface area contributed by atoms with Gasteiger partial charge in [-0.05, 0) is 50.6 Å². The Kier molecular flexibility index (Phi) is 7.69. The van der Waals surface area contributed by atoms with Gasteiger partial charge in [0.2, 0.25) is 10.0 Å². The van der Waals surface area contributed by atoms with E-state index in [-0.39, 0.29) is 17.8 Å².